The monoisotopic (exact) mass is 341 g/mol. The Bertz CT molecular complexity index is 488. The molecule has 1 heterocycles. The number of hydrogen-bond acceptors (Lipinski definition) is 3. The summed E-state index contributed by atoms with van der Waals surface area (Å²) in [6.07, 6.45) is 2.91. The summed E-state index contributed by atoms with van der Waals surface area (Å²) >= 11 is 0. The van der Waals surface area contributed by atoms with Gasteiger partial charge in [0.2, 0.25) is 5.91 Å². The quantitative estimate of drug-likeness (QED) is 0.655. The van der Waals surface area contributed by atoms with Gasteiger partial charge in [-0.1, -0.05) is 13.8 Å². The number of carbonyl (C=O) groups excluding carboxylic acids is 2. The van der Waals surface area contributed by atoms with Crippen molar-refractivity contribution in [1.82, 2.24) is 10.2 Å². The first-order chi connectivity index (χ1) is 11.0. The van der Waals surface area contributed by atoms with Gasteiger partial charge in [-0.15, -0.1) is 0 Å². The van der Waals surface area contributed by atoms with Gasteiger partial charge in [-0.05, 0) is 45.4 Å². The van der Waals surface area contributed by atoms with Crippen LogP contribution in [0.3, 0.4) is 0 Å². The van der Waals surface area contributed by atoms with Gasteiger partial charge < -0.3 is 21.1 Å². The second-order valence-corrected chi connectivity index (χ2v) is 8.08. The lowest BCUT2D eigenvalue weighted by Gasteiger charge is -2.36. The van der Waals surface area contributed by atoms with Crippen LogP contribution in [0.4, 0.5) is 4.79 Å². The molecule has 0 aliphatic carbocycles. The van der Waals surface area contributed by atoms with E-state index in [-0.39, 0.29) is 17.9 Å². The molecule has 1 fully saturated rings. The Morgan fingerprint density at radius 2 is 1.83 bits per heavy atom. The van der Waals surface area contributed by atoms with E-state index in [0.29, 0.717) is 32.5 Å². The third kappa shape index (κ3) is 5.69. The zero-order chi connectivity index (χ0) is 18.5. The molecule has 0 bridgehead atoms. The summed E-state index contributed by atoms with van der Waals surface area (Å²) in [6.45, 7) is 8.57. The van der Waals surface area contributed by atoms with Gasteiger partial charge in [0.05, 0.1) is 5.41 Å². The first-order valence-corrected chi connectivity index (χ1v) is 8.52. The Morgan fingerprint density at radius 1 is 1.21 bits per heavy atom. The van der Waals surface area contributed by atoms with E-state index in [1.54, 1.807) is 18.7 Å². The van der Waals surface area contributed by atoms with Crippen LogP contribution in [0.2, 0.25) is 0 Å². The van der Waals surface area contributed by atoms with E-state index in [0.717, 1.165) is 12.8 Å². The van der Waals surface area contributed by atoms with Gasteiger partial charge in [0.1, 0.15) is 0 Å². The lowest BCUT2D eigenvalue weighted by Crippen LogP contribution is -2.47. The highest BCUT2D eigenvalue weighted by molar-refractivity contribution is 5.80. The van der Waals surface area contributed by atoms with E-state index in [1.807, 2.05) is 13.8 Å². The van der Waals surface area contributed by atoms with Crippen molar-refractivity contribution in [3.05, 3.63) is 0 Å². The third-order valence-corrected chi connectivity index (χ3v) is 4.88. The SMILES string of the molecule is CC(C)(CC1CCCN(C(=O)NCCC(C)(C)C(=O)O)C1)C(N)=O. The number of nitrogens with zero attached hydrogens (tertiary/aromatic N) is 1. The lowest BCUT2D eigenvalue weighted by atomic mass is 9.79. The predicted octanol–water partition coefficient (Wildman–Crippen LogP) is 1.81. The Morgan fingerprint density at radius 3 is 2.38 bits per heavy atom. The molecule has 1 rings (SSSR count). The zero-order valence-corrected chi connectivity index (χ0v) is 15.2. The van der Waals surface area contributed by atoms with Gasteiger partial charge >= 0.3 is 12.0 Å². The Hall–Kier alpha value is -1.79. The number of hydrogen-bond donors (Lipinski definition) is 3. The third-order valence-electron chi connectivity index (χ3n) is 4.88. The number of urea groups is 1. The molecular formula is C17H31N3O4. The highest BCUT2D eigenvalue weighted by Gasteiger charge is 2.32. The van der Waals surface area contributed by atoms with Crippen LogP contribution >= 0.6 is 0 Å². The van der Waals surface area contributed by atoms with E-state index >= 15 is 0 Å². The highest BCUT2D eigenvalue weighted by atomic mass is 16.4. The molecule has 7 heteroatoms. The number of piperidine rings is 1. The minimum Gasteiger partial charge on any atom is -0.481 e. The largest absolute Gasteiger partial charge is 0.481 e. The number of primary amides is 1. The van der Waals surface area contributed by atoms with Crippen molar-refractivity contribution in [1.29, 1.82) is 0 Å². The highest BCUT2D eigenvalue weighted by Crippen LogP contribution is 2.30. The molecule has 0 aromatic rings. The minimum absolute atomic E-state index is 0.169. The summed E-state index contributed by atoms with van der Waals surface area (Å²) in [5.41, 5.74) is 4.00. The molecule has 0 radical (unpaired) electrons. The number of rotatable bonds is 7. The van der Waals surface area contributed by atoms with Crippen molar-refractivity contribution in [2.45, 2.75) is 53.4 Å². The first-order valence-electron chi connectivity index (χ1n) is 8.52. The number of carbonyl (C=O) groups is 3. The standard InChI is InChI=1S/C17H31N3O4/c1-16(2,14(22)23)7-8-19-15(24)20-9-5-6-12(11-20)10-17(3,4)13(18)21/h12H,5-11H2,1-4H3,(H2,18,21)(H,19,24)(H,22,23). The van der Waals surface area contributed by atoms with Gasteiger partial charge in [-0.3, -0.25) is 9.59 Å². The second kappa shape index (κ2) is 7.85. The zero-order valence-electron chi connectivity index (χ0n) is 15.2. The Labute approximate surface area is 144 Å². The molecule has 1 atom stereocenters. The van der Waals surface area contributed by atoms with Gasteiger partial charge in [0, 0.05) is 25.0 Å². The first kappa shape index (κ1) is 20.3. The number of nitrogens with one attached hydrogen (secondary N) is 1. The fraction of sp³-hybridized carbons (Fsp3) is 0.824. The van der Waals surface area contributed by atoms with Crippen LogP contribution in [0.25, 0.3) is 0 Å². The molecule has 7 nitrogen and oxygen atoms in total. The van der Waals surface area contributed by atoms with Crippen LogP contribution in [0.15, 0.2) is 0 Å². The molecule has 0 aromatic heterocycles. The minimum atomic E-state index is -0.872. The van der Waals surface area contributed by atoms with Crippen molar-refractivity contribution in [3.8, 4) is 0 Å². The van der Waals surface area contributed by atoms with Crippen molar-refractivity contribution >= 4 is 17.9 Å². The van der Waals surface area contributed by atoms with Gasteiger partial charge in [-0.2, -0.15) is 0 Å². The number of carboxylic acids is 1. The average molecular weight is 341 g/mol. The number of aliphatic carboxylic acids is 1. The number of carboxylic acid groups (broad SMARTS) is 1. The maximum Gasteiger partial charge on any atom is 0.317 e. The van der Waals surface area contributed by atoms with E-state index < -0.39 is 16.8 Å². The Kier molecular flexibility index (Phi) is 6.63. The topological polar surface area (TPSA) is 113 Å². The van der Waals surface area contributed by atoms with Crippen molar-refractivity contribution in [2.24, 2.45) is 22.5 Å². The number of amides is 3. The molecule has 0 aromatic carbocycles. The summed E-state index contributed by atoms with van der Waals surface area (Å²) in [5.74, 6) is -0.939. The van der Waals surface area contributed by atoms with Crippen molar-refractivity contribution < 1.29 is 19.5 Å². The van der Waals surface area contributed by atoms with Crippen LogP contribution in [-0.2, 0) is 9.59 Å². The van der Waals surface area contributed by atoms with Crippen LogP contribution in [0.5, 0.6) is 0 Å². The summed E-state index contributed by atoms with van der Waals surface area (Å²) in [7, 11) is 0. The molecule has 1 aliphatic heterocycles. The molecule has 138 valence electrons. The fourth-order valence-electron chi connectivity index (χ4n) is 2.94. The molecule has 1 unspecified atom stereocenters. The summed E-state index contributed by atoms with van der Waals surface area (Å²) in [6, 6.07) is -0.169. The molecule has 1 saturated heterocycles. The summed E-state index contributed by atoms with van der Waals surface area (Å²) in [4.78, 5) is 36.6. The smallest absolute Gasteiger partial charge is 0.317 e. The number of likely N-dealkylation sites (tertiary alicyclic amines) is 1. The van der Waals surface area contributed by atoms with E-state index in [2.05, 4.69) is 5.32 Å². The molecule has 0 saturated carbocycles. The maximum atomic E-state index is 12.3. The van der Waals surface area contributed by atoms with Crippen LogP contribution in [0, 0.1) is 16.7 Å². The van der Waals surface area contributed by atoms with Crippen LogP contribution in [-0.4, -0.2) is 47.5 Å². The normalized spacial score (nSPS) is 19.0. The van der Waals surface area contributed by atoms with E-state index in [9.17, 15) is 14.4 Å². The number of nitrogens with two attached hydrogens (primary N) is 1. The predicted molar refractivity (Wildman–Crippen MR) is 91.3 cm³/mol. The Balaban J connectivity index is 2.48. The van der Waals surface area contributed by atoms with Gasteiger partial charge in [-0.25, -0.2) is 4.79 Å². The molecule has 0 spiro atoms. The van der Waals surface area contributed by atoms with Crippen LogP contribution in [0.1, 0.15) is 53.4 Å². The van der Waals surface area contributed by atoms with Gasteiger partial charge in [0.15, 0.2) is 0 Å². The second-order valence-electron chi connectivity index (χ2n) is 8.08. The molecule has 4 N–H and O–H groups in total. The molecule has 3 amide bonds. The van der Waals surface area contributed by atoms with E-state index in [1.165, 1.54) is 0 Å². The summed E-state index contributed by atoms with van der Waals surface area (Å²) < 4.78 is 0. The van der Waals surface area contributed by atoms with Crippen LogP contribution < -0.4 is 11.1 Å². The molecule has 24 heavy (non-hydrogen) atoms. The van der Waals surface area contributed by atoms with E-state index in [4.69, 9.17) is 10.8 Å². The maximum absolute atomic E-state index is 12.3. The molecule has 1 aliphatic rings. The van der Waals surface area contributed by atoms with Gasteiger partial charge in [0.25, 0.3) is 0 Å². The lowest BCUT2D eigenvalue weighted by molar-refractivity contribution is -0.147. The molecular weight excluding hydrogens is 310 g/mol. The summed E-state index contributed by atoms with van der Waals surface area (Å²) in [5, 5.41) is 11.9. The van der Waals surface area contributed by atoms with Crippen molar-refractivity contribution in [3.63, 3.8) is 0 Å². The fourth-order valence-corrected chi connectivity index (χ4v) is 2.94. The average Bonchev–Trinajstić information content (AvgIpc) is 2.46. The van der Waals surface area contributed by atoms with Crippen molar-refractivity contribution in [2.75, 3.05) is 19.6 Å².